The number of benzene rings is 2. The molecule has 1 fully saturated rings. The molecule has 5 nitrogen and oxygen atoms in total. The zero-order valence-corrected chi connectivity index (χ0v) is 22.6. The molecule has 2 aromatic rings. The predicted octanol–water partition coefficient (Wildman–Crippen LogP) is 6.52. The summed E-state index contributed by atoms with van der Waals surface area (Å²) in [7, 11) is 0. The van der Waals surface area contributed by atoms with Crippen LogP contribution in [-0.4, -0.2) is 29.0 Å². The lowest BCUT2D eigenvalue weighted by Gasteiger charge is -2.34. The Morgan fingerprint density at radius 3 is 2.09 bits per heavy atom. The summed E-state index contributed by atoms with van der Waals surface area (Å²) in [5, 5.41) is 12.3. The minimum absolute atomic E-state index is 0.167. The second kappa shape index (κ2) is 10.6. The Morgan fingerprint density at radius 2 is 1.60 bits per heavy atom. The third-order valence-electron chi connectivity index (χ3n) is 7.08. The normalized spacial score (nSPS) is 16.5. The Morgan fingerprint density at radius 1 is 1.00 bits per heavy atom. The van der Waals surface area contributed by atoms with Gasteiger partial charge in [0.25, 0.3) is 11.1 Å². The average Bonchev–Trinajstić information content (AvgIpc) is 3.11. The summed E-state index contributed by atoms with van der Waals surface area (Å²) in [5.41, 5.74) is 5.08. The fraction of sp³-hybridized carbons (Fsp3) is 0.448. The number of aryl methyl sites for hydroxylation is 2. The third kappa shape index (κ3) is 5.81. The molecule has 2 N–H and O–H groups in total. The van der Waals surface area contributed by atoms with Gasteiger partial charge in [-0.3, -0.25) is 14.9 Å². The van der Waals surface area contributed by atoms with Gasteiger partial charge >= 0.3 is 0 Å². The van der Waals surface area contributed by atoms with Crippen molar-refractivity contribution in [2.24, 2.45) is 5.41 Å². The van der Waals surface area contributed by atoms with E-state index in [1.165, 1.54) is 11.1 Å². The highest BCUT2D eigenvalue weighted by molar-refractivity contribution is 8.18. The van der Waals surface area contributed by atoms with Crippen LogP contribution in [0.3, 0.4) is 0 Å². The SMILES string of the molecule is CCC(CC)(c1ccc(/C=C2/SC(=O)NC2=O)c(C)c1)c1ccc(OCC(O)C(C)(C)C)c(C)c1. The lowest BCUT2D eigenvalue weighted by atomic mass is 9.70. The van der Waals surface area contributed by atoms with E-state index < -0.39 is 6.10 Å². The predicted molar refractivity (Wildman–Crippen MR) is 144 cm³/mol. The smallest absolute Gasteiger partial charge is 0.290 e. The first-order valence-electron chi connectivity index (χ1n) is 12.2. The van der Waals surface area contributed by atoms with Gasteiger partial charge in [-0.1, -0.05) is 65.0 Å². The summed E-state index contributed by atoms with van der Waals surface area (Å²) in [5.74, 6) is 0.450. The van der Waals surface area contributed by atoms with Gasteiger partial charge in [0.1, 0.15) is 12.4 Å². The summed E-state index contributed by atoms with van der Waals surface area (Å²) in [6, 6.07) is 12.7. The van der Waals surface area contributed by atoms with Crippen LogP contribution < -0.4 is 10.1 Å². The fourth-order valence-corrected chi connectivity index (χ4v) is 5.13. The molecular formula is C29H37NO4S. The molecule has 3 rings (SSSR count). The maximum Gasteiger partial charge on any atom is 0.290 e. The first-order valence-corrected chi connectivity index (χ1v) is 13.0. The van der Waals surface area contributed by atoms with Crippen molar-refractivity contribution in [3.8, 4) is 5.75 Å². The average molecular weight is 496 g/mol. The van der Waals surface area contributed by atoms with Gasteiger partial charge in [0, 0.05) is 5.41 Å². The number of hydrogen-bond donors (Lipinski definition) is 2. The Kier molecular flexibility index (Phi) is 8.17. The molecule has 35 heavy (non-hydrogen) atoms. The van der Waals surface area contributed by atoms with Crippen LogP contribution in [0.25, 0.3) is 6.08 Å². The number of amides is 2. The number of thioether (sulfide) groups is 1. The van der Waals surface area contributed by atoms with E-state index in [2.05, 4.69) is 43.4 Å². The van der Waals surface area contributed by atoms with Crippen molar-refractivity contribution in [2.45, 2.75) is 72.8 Å². The van der Waals surface area contributed by atoms with Crippen molar-refractivity contribution in [1.82, 2.24) is 5.32 Å². The summed E-state index contributed by atoms with van der Waals surface area (Å²) in [6.07, 6.45) is 3.10. The molecule has 1 unspecified atom stereocenters. The summed E-state index contributed by atoms with van der Waals surface area (Å²) >= 11 is 0.937. The van der Waals surface area contributed by atoms with Crippen LogP contribution in [0.15, 0.2) is 41.3 Å². The monoisotopic (exact) mass is 495 g/mol. The van der Waals surface area contributed by atoms with Crippen LogP contribution in [0.1, 0.15) is 75.3 Å². The van der Waals surface area contributed by atoms with Crippen molar-refractivity contribution in [3.05, 3.63) is 69.1 Å². The summed E-state index contributed by atoms with van der Waals surface area (Å²) in [4.78, 5) is 23.9. The molecule has 0 aliphatic carbocycles. The minimum Gasteiger partial charge on any atom is -0.491 e. The minimum atomic E-state index is -0.546. The highest BCUT2D eigenvalue weighted by Crippen LogP contribution is 2.41. The van der Waals surface area contributed by atoms with Crippen molar-refractivity contribution in [1.29, 1.82) is 0 Å². The molecule has 1 heterocycles. The van der Waals surface area contributed by atoms with E-state index in [0.717, 1.165) is 47.0 Å². The van der Waals surface area contributed by atoms with E-state index >= 15 is 0 Å². The van der Waals surface area contributed by atoms with Gasteiger partial charge in [0.2, 0.25) is 0 Å². The van der Waals surface area contributed by atoms with Gasteiger partial charge in [-0.2, -0.15) is 0 Å². The largest absolute Gasteiger partial charge is 0.491 e. The molecule has 0 bridgehead atoms. The van der Waals surface area contributed by atoms with Crippen LogP contribution in [0.4, 0.5) is 4.79 Å². The van der Waals surface area contributed by atoms with E-state index in [9.17, 15) is 14.7 Å². The van der Waals surface area contributed by atoms with E-state index in [4.69, 9.17) is 4.74 Å². The standard InChI is InChI=1S/C29H37NO4S/c1-8-29(9-2,22-12-13-23(19(4)15-22)34-17-25(31)28(5,6)7)21-11-10-20(18(3)14-21)16-24-26(32)30-27(33)35-24/h10-16,25,31H,8-9,17H2,1-7H3,(H,30,32,33)/b24-16+. The Labute approximate surface area is 213 Å². The molecule has 0 aromatic heterocycles. The second-order valence-corrected chi connectivity index (χ2v) is 11.4. The van der Waals surface area contributed by atoms with Crippen molar-refractivity contribution < 1.29 is 19.4 Å². The van der Waals surface area contributed by atoms with Gasteiger partial charge in [-0.25, -0.2) is 0 Å². The quantitative estimate of drug-likeness (QED) is 0.408. The third-order valence-corrected chi connectivity index (χ3v) is 7.89. The van der Waals surface area contributed by atoms with Crippen molar-refractivity contribution in [2.75, 3.05) is 6.61 Å². The van der Waals surface area contributed by atoms with Gasteiger partial charge < -0.3 is 9.84 Å². The van der Waals surface area contributed by atoms with Crippen molar-refractivity contribution >= 4 is 29.0 Å². The van der Waals surface area contributed by atoms with E-state index in [0.29, 0.717) is 4.91 Å². The van der Waals surface area contributed by atoms with Crippen LogP contribution in [0, 0.1) is 19.3 Å². The highest BCUT2D eigenvalue weighted by Gasteiger charge is 2.32. The molecule has 6 heteroatoms. The summed E-state index contributed by atoms with van der Waals surface area (Å²) in [6.45, 7) is 14.8. The van der Waals surface area contributed by atoms with Crippen LogP contribution in [-0.2, 0) is 10.2 Å². The highest BCUT2D eigenvalue weighted by atomic mass is 32.2. The molecule has 188 valence electrons. The molecule has 1 atom stereocenters. The Hall–Kier alpha value is -2.57. The topological polar surface area (TPSA) is 75.6 Å². The number of rotatable bonds is 8. The van der Waals surface area contributed by atoms with Crippen LogP contribution >= 0.6 is 11.8 Å². The first kappa shape index (κ1) is 27.0. The van der Waals surface area contributed by atoms with Gasteiger partial charge in [-0.05, 0) is 83.8 Å². The molecule has 1 saturated heterocycles. The molecular weight excluding hydrogens is 458 g/mol. The molecule has 0 saturated carbocycles. The number of imide groups is 1. The number of nitrogens with one attached hydrogen (secondary N) is 1. The number of aliphatic hydroxyl groups excluding tert-OH is 1. The van der Waals surface area contributed by atoms with Gasteiger partial charge in [0.15, 0.2) is 0 Å². The number of carbonyl (C=O) groups excluding carboxylic acids is 2. The van der Waals surface area contributed by atoms with E-state index in [1.807, 2.05) is 46.8 Å². The zero-order chi connectivity index (χ0) is 26.0. The van der Waals surface area contributed by atoms with E-state index in [1.54, 1.807) is 6.08 Å². The molecule has 0 spiro atoms. The molecule has 0 radical (unpaired) electrons. The molecule has 1 aliphatic rings. The van der Waals surface area contributed by atoms with Crippen LogP contribution in [0.5, 0.6) is 5.75 Å². The first-order chi connectivity index (χ1) is 16.4. The molecule has 1 aliphatic heterocycles. The number of carbonyl (C=O) groups is 2. The zero-order valence-electron chi connectivity index (χ0n) is 21.8. The van der Waals surface area contributed by atoms with Crippen molar-refractivity contribution in [3.63, 3.8) is 0 Å². The number of aliphatic hydroxyl groups is 1. The fourth-order valence-electron chi connectivity index (χ4n) is 4.46. The summed E-state index contributed by atoms with van der Waals surface area (Å²) < 4.78 is 5.97. The lowest BCUT2D eigenvalue weighted by molar-refractivity contribution is -0.115. The number of hydrogen-bond acceptors (Lipinski definition) is 5. The Bertz CT molecular complexity index is 1140. The molecule has 2 aromatic carbocycles. The lowest BCUT2D eigenvalue weighted by Crippen LogP contribution is -2.32. The van der Waals surface area contributed by atoms with E-state index in [-0.39, 0.29) is 28.6 Å². The maximum atomic E-state index is 12.0. The Balaban J connectivity index is 1.91. The number of ether oxygens (including phenoxy) is 1. The second-order valence-electron chi connectivity index (χ2n) is 10.4. The van der Waals surface area contributed by atoms with Gasteiger partial charge in [-0.15, -0.1) is 0 Å². The molecule has 2 amide bonds. The van der Waals surface area contributed by atoms with Crippen LogP contribution in [0.2, 0.25) is 0 Å². The van der Waals surface area contributed by atoms with Gasteiger partial charge in [0.05, 0.1) is 11.0 Å². The maximum absolute atomic E-state index is 12.0.